The maximum absolute atomic E-state index is 12.8. The zero-order valence-corrected chi connectivity index (χ0v) is 15.3. The summed E-state index contributed by atoms with van der Waals surface area (Å²) < 4.78 is 5.36. The van der Waals surface area contributed by atoms with Gasteiger partial charge in [-0.05, 0) is 54.8 Å². The predicted octanol–water partition coefficient (Wildman–Crippen LogP) is 3.74. The summed E-state index contributed by atoms with van der Waals surface area (Å²) in [5.74, 6) is 1.14. The third-order valence-electron chi connectivity index (χ3n) is 4.63. The highest BCUT2D eigenvalue weighted by atomic mass is 16.5. The fourth-order valence-corrected chi connectivity index (χ4v) is 3.26. The number of aromatic nitrogens is 2. The van der Waals surface area contributed by atoms with Gasteiger partial charge in [-0.1, -0.05) is 24.3 Å². The lowest BCUT2D eigenvalue weighted by molar-refractivity contribution is 0.0983. The van der Waals surface area contributed by atoms with Crippen LogP contribution in [0.3, 0.4) is 0 Å². The third-order valence-corrected chi connectivity index (χ3v) is 4.63. The number of amides is 1. The van der Waals surface area contributed by atoms with E-state index >= 15 is 0 Å². The van der Waals surface area contributed by atoms with Crippen molar-refractivity contribution in [2.45, 2.75) is 13.3 Å². The second-order valence-electron chi connectivity index (χ2n) is 6.47. The SMILES string of the molecule is COc1ccc(C)cc1Nc1ccc(C(=O)N2CCc3ccccc32)nn1. The van der Waals surface area contributed by atoms with Gasteiger partial charge in [-0.3, -0.25) is 4.79 Å². The number of rotatable bonds is 4. The second-order valence-corrected chi connectivity index (χ2v) is 6.47. The first-order chi connectivity index (χ1) is 13.2. The van der Waals surface area contributed by atoms with E-state index < -0.39 is 0 Å². The zero-order chi connectivity index (χ0) is 18.8. The summed E-state index contributed by atoms with van der Waals surface area (Å²) in [5.41, 5.74) is 4.37. The maximum atomic E-state index is 12.8. The molecule has 0 spiro atoms. The number of hydrogen-bond donors (Lipinski definition) is 1. The molecule has 0 saturated carbocycles. The van der Waals surface area contributed by atoms with Crippen molar-refractivity contribution in [3.05, 3.63) is 71.4 Å². The van der Waals surface area contributed by atoms with Gasteiger partial charge in [0.15, 0.2) is 11.5 Å². The Morgan fingerprint density at radius 3 is 2.74 bits per heavy atom. The lowest BCUT2D eigenvalue weighted by Gasteiger charge is -2.16. The molecule has 1 N–H and O–H groups in total. The van der Waals surface area contributed by atoms with Gasteiger partial charge in [-0.25, -0.2) is 0 Å². The molecule has 1 aliphatic rings. The molecule has 27 heavy (non-hydrogen) atoms. The fourth-order valence-electron chi connectivity index (χ4n) is 3.26. The lowest BCUT2D eigenvalue weighted by atomic mass is 10.2. The summed E-state index contributed by atoms with van der Waals surface area (Å²) in [6.07, 6.45) is 0.863. The van der Waals surface area contributed by atoms with Crippen LogP contribution in [0.4, 0.5) is 17.2 Å². The van der Waals surface area contributed by atoms with Crippen molar-refractivity contribution in [1.82, 2.24) is 10.2 Å². The molecule has 136 valence electrons. The van der Waals surface area contributed by atoms with Crippen LogP contribution in [0.15, 0.2) is 54.6 Å². The highest BCUT2D eigenvalue weighted by Crippen LogP contribution is 2.29. The van der Waals surface area contributed by atoms with E-state index in [2.05, 4.69) is 21.6 Å². The number of fused-ring (bicyclic) bond motifs is 1. The number of anilines is 3. The smallest absolute Gasteiger partial charge is 0.278 e. The third kappa shape index (κ3) is 3.33. The van der Waals surface area contributed by atoms with Crippen molar-refractivity contribution >= 4 is 23.1 Å². The van der Waals surface area contributed by atoms with Crippen LogP contribution < -0.4 is 15.0 Å². The van der Waals surface area contributed by atoms with Crippen LogP contribution in [0.25, 0.3) is 0 Å². The topological polar surface area (TPSA) is 67.3 Å². The zero-order valence-electron chi connectivity index (χ0n) is 15.3. The molecule has 6 heteroatoms. The molecule has 1 aliphatic heterocycles. The molecule has 6 nitrogen and oxygen atoms in total. The van der Waals surface area contributed by atoms with Crippen LogP contribution in [-0.4, -0.2) is 29.8 Å². The van der Waals surface area contributed by atoms with Crippen LogP contribution in [0, 0.1) is 6.92 Å². The van der Waals surface area contributed by atoms with Crippen LogP contribution in [0.2, 0.25) is 0 Å². The minimum Gasteiger partial charge on any atom is -0.495 e. The number of carbonyl (C=O) groups excluding carboxylic acids is 1. The lowest BCUT2D eigenvalue weighted by Crippen LogP contribution is -2.29. The standard InChI is InChI=1S/C21H20N4O2/c1-14-7-9-19(27-2)17(13-14)22-20-10-8-16(23-24-20)21(26)25-12-11-15-5-3-4-6-18(15)25/h3-10,13H,11-12H2,1-2H3,(H,22,24). The maximum Gasteiger partial charge on any atom is 0.278 e. The summed E-state index contributed by atoms with van der Waals surface area (Å²) in [7, 11) is 1.62. The van der Waals surface area contributed by atoms with E-state index in [9.17, 15) is 4.79 Å². The van der Waals surface area contributed by atoms with Gasteiger partial charge >= 0.3 is 0 Å². The molecule has 2 aromatic carbocycles. The van der Waals surface area contributed by atoms with E-state index in [1.165, 1.54) is 5.56 Å². The summed E-state index contributed by atoms with van der Waals surface area (Å²) >= 11 is 0. The van der Waals surface area contributed by atoms with Gasteiger partial charge in [-0.2, -0.15) is 0 Å². The molecule has 0 saturated heterocycles. The average Bonchev–Trinajstić information content (AvgIpc) is 3.12. The van der Waals surface area contributed by atoms with E-state index in [-0.39, 0.29) is 5.91 Å². The van der Waals surface area contributed by atoms with Gasteiger partial charge in [0.1, 0.15) is 5.75 Å². The number of hydrogen-bond acceptors (Lipinski definition) is 5. The first kappa shape index (κ1) is 17.0. The monoisotopic (exact) mass is 360 g/mol. The van der Waals surface area contributed by atoms with Crippen molar-refractivity contribution in [1.29, 1.82) is 0 Å². The van der Waals surface area contributed by atoms with Crippen LogP contribution >= 0.6 is 0 Å². The number of carbonyl (C=O) groups is 1. The van der Waals surface area contributed by atoms with Crippen molar-refractivity contribution in [2.75, 3.05) is 23.9 Å². The minimum absolute atomic E-state index is 0.132. The largest absolute Gasteiger partial charge is 0.495 e. The molecule has 0 aliphatic carbocycles. The van der Waals surface area contributed by atoms with E-state index in [0.717, 1.165) is 29.1 Å². The van der Waals surface area contributed by atoms with Crippen molar-refractivity contribution < 1.29 is 9.53 Å². The van der Waals surface area contributed by atoms with Gasteiger partial charge in [0.25, 0.3) is 5.91 Å². The molecule has 4 rings (SSSR count). The first-order valence-corrected chi connectivity index (χ1v) is 8.81. The molecular weight excluding hydrogens is 340 g/mol. The van der Waals surface area contributed by atoms with E-state index in [4.69, 9.17) is 4.74 Å². The number of methoxy groups -OCH3 is 1. The Hall–Kier alpha value is -3.41. The fraction of sp³-hybridized carbons (Fsp3) is 0.190. The Kier molecular flexibility index (Phi) is 4.46. The van der Waals surface area contributed by atoms with Crippen LogP contribution in [0.1, 0.15) is 21.6 Å². The Morgan fingerprint density at radius 1 is 1.11 bits per heavy atom. The molecule has 0 fully saturated rings. The van der Waals surface area contributed by atoms with E-state index in [1.54, 1.807) is 24.1 Å². The highest BCUT2D eigenvalue weighted by molar-refractivity contribution is 6.06. The number of nitrogens with zero attached hydrogens (tertiary/aromatic N) is 3. The molecular formula is C21H20N4O2. The molecule has 1 amide bonds. The normalized spacial score (nSPS) is 12.6. The van der Waals surface area contributed by atoms with E-state index in [1.807, 2.05) is 43.3 Å². The number of para-hydroxylation sites is 1. The number of benzene rings is 2. The molecule has 2 heterocycles. The number of aryl methyl sites for hydroxylation is 1. The molecule has 0 atom stereocenters. The van der Waals surface area contributed by atoms with Crippen molar-refractivity contribution in [3.8, 4) is 5.75 Å². The van der Waals surface area contributed by atoms with E-state index in [0.29, 0.717) is 18.1 Å². The molecule has 1 aromatic heterocycles. The Balaban J connectivity index is 1.53. The summed E-state index contributed by atoms with van der Waals surface area (Å²) in [5, 5.41) is 11.5. The van der Waals surface area contributed by atoms with Crippen molar-refractivity contribution in [2.24, 2.45) is 0 Å². The molecule has 3 aromatic rings. The molecule has 0 bridgehead atoms. The van der Waals surface area contributed by atoms with Gasteiger partial charge in [0.2, 0.25) is 0 Å². The Bertz CT molecular complexity index is 986. The molecule has 0 radical (unpaired) electrons. The van der Waals surface area contributed by atoms with Crippen LogP contribution in [0.5, 0.6) is 5.75 Å². The first-order valence-electron chi connectivity index (χ1n) is 8.81. The second kappa shape index (κ2) is 7.07. The Labute approximate surface area is 157 Å². The summed E-state index contributed by atoms with van der Waals surface area (Å²) in [6.45, 7) is 2.67. The predicted molar refractivity (Wildman–Crippen MR) is 105 cm³/mol. The van der Waals surface area contributed by atoms with Gasteiger partial charge < -0.3 is 15.0 Å². The van der Waals surface area contributed by atoms with Gasteiger partial charge in [0.05, 0.1) is 12.8 Å². The highest BCUT2D eigenvalue weighted by Gasteiger charge is 2.26. The molecule has 0 unspecified atom stereocenters. The minimum atomic E-state index is -0.132. The summed E-state index contributed by atoms with van der Waals surface area (Å²) in [4.78, 5) is 14.6. The van der Waals surface area contributed by atoms with Crippen LogP contribution in [-0.2, 0) is 6.42 Å². The number of nitrogens with one attached hydrogen (secondary N) is 1. The quantitative estimate of drug-likeness (QED) is 0.768. The Morgan fingerprint density at radius 2 is 1.96 bits per heavy atom. The van der Waals surface area contributed by atoms with Gasteiger partial charge in [-0.15, -0.1) is 10.2 Å². The number of ether oxygens (including phenoxy) is 1. The van der Waals surface area contributed by atoms with Crippen molar-refractivity contribution in [3.63, 3.8) is 0 Å². The summed E-state index contributed by atoms with van der Waals surface area (Å²) in [6, 6.07) is 17.2. The average molecular weight is 360 g/mol. The van der Waals surface area contributed by atoms with Gasteiger partial charge in [0, 0.05) is 12.2 Å².